The Morgan fingerprint density at radius 3 is 2.79 bits per heavy atom. The average Bonchev–Trinajstić information content (AvgIpc) is 2.74. The molecule has 1 saturated heterocycles. The number of carbonyl (C=O) groups excluding carboxylic acids is 1. The van der Waals surface area contributed by atoms with Crippen LogP contribution in [0.3, 0.4) is 0 Å². The lowest BCUT2D eigenvalue weighted by Gasteiger charge is -2.12. The highest BCUT2D eigenvalue weighted by molar-refractivity contribution is 5.84. The summed E-state index contributed by atoms with van der Waals surface area (Å²) in [6.07, 6.45) is 5.28. The van der Waals surface area contributed by atoms with Gasteiger partial charge in [-0.2, -0.15) is 0 Å². The van der Waals surface area contributed by atoms with E-state index >= 15 is 0 Å². The molecule has 14 heavy (non-hydrogen) atoms. The maximum atomic E-state index is 11.8. The zero-order valence-corrected chi connectivity index (χ0v) is 8.97. The lowest BCUT2D eigenvalue weighted by molar-refractivity contribution is -0.149. The molecule has 1 saturated carbocycles. The van der Waals surface area contributed by atoms with Crippen molar-refractivity contribution in [3.05, 3.63) is 0 Å². The summed E-state index contributed by atoms with van der Waals surface area (Å²) in [7, 11) is 0. The van der Waals surface area contributed by atoms with E-state index in [-0.39, 0.29) is 11.6 Å². The van der Waals surface area contributed by atoms with Gasteiger partial charge in [-0.15, -0.1) is 0 Å². The second-order valence-electron chi connectivity index (χ2n) is 4.44. The van der Waals surface area contributed by atoms with Gasteiger partial charge >= 0.3 is 5.97 Å². The minimum atomic E-state index is -0.584. The van der Waals surface area contributed by atoms with Crippen LogP contribution in [0.2, 0.25) is 0 Å². The Morgan fingerprint density at radius 2 is 2.07 bits per heavy atom. The van der Waals surface area contributed by atoms with Crippen LogP contribution in [-0.2, 0) is 14.3 Å². The number of fused-ring (bicyclic) bond motifs is 1. The molecular formula is C11H18O3. The molecule has 1 aliphatic carbocycles. The van der Waals surface area contributed by atoms with Gasteiger partial charge in [0.05, 0.1) is 6.61 Å². The van der Waals surface area contributed by atoms with Gasteiger partial charge in [-0.05, 0) is 33.1 Å². The molecule has 0 aromatic rings. The average molecular weight is 198 g/mol. The van der Waals surface area contributed by atoms with Crippen LogP contribution in [0, 0.1) is 0 Å². The van der Waals surface area contributed by atoms with E-state index in [4.69, 9.17) is 9.47 Å². The molecule has 2 fully saturated rings. The maximum Gasteiger partial charge on any atom is 0.341 e. The standard InChI is InChI=1S/C11H18O3/c1-3-13-9(12)11-8-6-4-5-7-10(11,2)14-11/h3-8H2,1-2H3. The van der Waals surface area contributed by atoms with Gasteiger partial charge in [0, 0.05) is 0 Å². The molecule has 0 aromatic carbocycles. The third kappa shape index (κ3) is 1.26. The Morgan fingerprint density at radius 1 is 1.36 bits per heavy atom. The van der Waals surface area contributed by atoms with Gasteiger partial charge < -0.3 is 9.47 Å². The summed E-state index contributed by atoms with van der Waals surface area (Å²) in [5.74, 6) is -0.149. The summed E-state index contributed by atoms with van der Waals surface area (Å²) in [4.78, 5) is 11.8. The highest BCUT2D eigenvalue weighted by atomic mass is 16.7. The molecule has 3 nitrogen and oxygen atoms in total. The molecular weight excluding hydrogens is 180 g/mol. The van der Waals surface area contributed by atoms with Crippen molar-refractivity contribution in [2.45, 2.75) is 57.2 Å². The number of hydrogen-bond acceptors (Lipinski definition) is 3. The van der Waals surface area contributed by atoms with Crippen molar-refractivity contribution in [3.8, 4) is 0 Å². The highest BCUT2D eigenvalue weighted by Gasteiger charge is 2.72. The van der Waals surface area contributed by atoms with E-state index in [1.165, 1.54) is 6.42 Å². The Balaban J connectivity index is 2.11. The summed E-state index contributed by atoms with van der Waals surface area (Å²) in [6.45, 7) is 4.32. The molecule has 80 valence electrons. The number of esters is 1. The predicted molar refractivity (Wildman–Crippen MR) is 51.9 cm³/mol. The van der Waals surface area contributed by atoms with E-state index < -0.39 is 5.60 Å². The fourth-order valence-electron chi connectivity index (χ4n) is 2.55. The maximum absolute atomic E-state index is 11.8. The number of hydrogen-bond donors (Lipinski definition) is 0. The van der Waals surface area contributed by atoms with E-state index in [2.05, 4.69) is 0 Å². The fraction of sp³-hybridized carbons (Fsp3) is 0.909. The highest BCUT2D eigenvalue weighted by Crippen LogP contribution is 2.56. The molecule has 3 heteroatoms. The summed E-state index contributed by atoms with van der Waals surface area (Å²) < 4.78 is 10.8. The number of rotatable bonds is 2. The van der Waals surface area contributed by atoms with Gasteiger partial charge in [-0.25, -0.2) is 4.79 Å². The fourth-order valence-corrected chi connectivity index (χ4v) is 2.55. The third-order valence-corrected chi connectivity index (χ3v) is 3.50. The van der Waals surface area contributed by atoms with Crippen LogP contribution in [0.15, 0.2) is 0 Å². The molecule has 0 bridgehead atoms. The normalized spacial score (nSPS) is 41.0. The third-order valence-electron chi connectivity index (χ3n) is 3.50. The summed E-state index contributed by atoms with van der Waals surface area (Å²) >= 11 is 0. The van der Waals surface area contributed by atoms with Crippen molar-refractivity contribution in [2.24, 2.45) is 0 Å². The van der Waals surface area contributed by atoms with Gasteiger partial charge in [-0.1, -0.05) is 12.8 Å². The van der Waals surface area contributed by atoms with Gasteiger partial charge in [0.1, 0.15) is 5.60 Å². The van der Waals surface area contributed by atoms with Crippen LogP contribution in [0.25, 0.3) is 0 Å². The van der Waals surface area contributed by atoms with E-state index in [1.807, 2.05) is 13.8 Å². The van der Waals surface area contributed by atoms with E-state index in [1.54, 1.807) is 0 Å². The summed E-state index contributed by atoms with van der Waals surface area (Å²) in [5.41, 5.74) is -0.810. The first kappa shape index (κ1) is 9.97. The van der Waals surface area contributed by atoms with Crippen LogP contribution in [0.4, 0.5) is 0 Å². The predicted octanol–water partition coefficient (Wildman–Crippen LogP) is 2.04. The minimum absolute atomic E-state index is 0.149. The van der Waals surface area contributed by atoms with Crippen molar-refractivity contribution >= 4 is 5.97 Å². The van der Waals surface area contributed by atoms with Crippen LogP contribution >= 0.6 is 0 Å². The second kappa shape index (κ2) is 3.23. The zero-order chi connectivity index (χ0) is 10.2. The van der Waals surface area contributed by atoms with Gasteiger partial charge in [0.25, 0.3) is 0 Å². The molecule has 0 N–H and O–H groups in total. The van der Waals surface area contributed by atoms with Gasteiger partial charge in [-0.3, -0.25) is 0 Å². The Kier molecular flexibility index (Phi) is 2.30. The Bertz CT molecular complexity index is 251. The van der Waals surface area contributed by atoms with Crippen LogP contribution in [0.5, 0.6) is 0 Å². The molecule has 2 aliphatic rings. The first-order chi connectivity index (χ1) is 6.65. The molecule has 0 aromatic heterocycles. The quantitative estimate of drug-likeness (QED) is 0.503. The minimum Gasteiger partial charge on any atom is -0.464 e. The molecule has 2 atom stereocenters. The monoisotopic (exact) mass is 198 g/mol. The zero-order valence-electron chi connectivity index (χ0n) is 8.97. The first-order valence-electron chi connectivity index (χ1n) is 5.52. The molecule has 2 rings (SSSR count). The first-order valence-corrected chi connectivity index (χ1v) is 5.52. The molecule has 0 amide bonds. The second-order valence-corrected chi connectivity index (χ2v) is 4.44. The molecule has 0 spiro atoms. The smallest absolute Gasteiger partial charge is 0.341 e. The van der Waals surface area contributed by atoms with E-state index in [9.17, 15) is 4.79 Å². The molecule has 0 radical (unpaired) electrons. The van der Waals surface area contributed by atoms with Crippen LogP contribution in [-0.4, -0.2) is 23.8 Å². The van der Waals surface area contributed by atoms with E-state index in [0.717, 1.165) is 25.7 Å². The number of epoxide rings is 1. The Labute approximate surface area is 84.8 Å². The van der Waals surface area contributed by atoms with E-state index in [0.29, 0.717) is 6.61 Å². The number of ether oxygens (including phenoxy) is 2. The topological polar surface area (TPSA) is 38.8 Å². The lowest BCUT2D eigenvalue weighted by Crippen LogP contribution is -2.33. The Hall–Kier alpha value is -0.570. The largest absolute Gasteiger partial charge is 0.464 e. The van der Waals surface area contributed by atoms with Crippen molar-refractivity contribution in [2.75, 3.05) is 6.61 Å². The van der Waals surface area contributed by atoms with Gasteiger partial charge in [0.2, 0.25) is 0 Å². The van der Waals surface area contributed by atoms with Gasteiger partial charge in [0.15, 0.2) is 5.60 Å². The summed E-state index contributed by atoms with van der Waals surface area (Å²) in [5, 5.41) is 0. The van der Waals surface area contributed by atoms with Crippen molar-refractivity contribution in [3.63, 3.8) is 0 Å². The van der Waals surface area contributed by atoms with Crippen molar-refractivity contribution in [1.82, 2.24) is 0 Å². The lowest BCUT2D eigenvalue weighted by atomic mass is 9.90. The van der Waals surface area contributed by atoms with Crippen molar-refractivity contribution < 1.29 is 14.3 Å². The van der Waals surface area contributed by atoms with Crippen molar-refractivity contribution in [1.29, 1.82) is 0 Å². The van der Waals surface area contributed by atoms with Crippen LogP contribution < -0.4 is 0 Å². The molecule has 2 unspecified atom stereocenters. The SMILES string of the molecule is CCOC(=O)C12CCCCCC1(C)O2. The van der Waals surface area contributed by atoms with Crippen LogP contribution in [0.1, 0.15) is 46.0 Å². The molecule has 1 heterocycles. The summed E-state index contributed by atoms with van der Waals surface area (Å²) in [6, 6.07) is 0. The molecule has 1 aliphatic heterocycles. The number of carbonyl (C=O) groups is 1.